The summed E-state index contributed by atoms with van der Waals surface area (Å²) in [5.41, 5.74) is -2.10. The summed E-state index contributed by atoms with van der Waals surface area (Å²) >= 11 is 0. The fourth-order valence-corrected chi connectivity index (χ4v) is 6.82. The van der Waals surface area contributed by atoms with Crippen LogP contribution in [0.2, 0.25) is 0 Å². The monoisotopic (exact) mass is 566 g/mol. The van der Waals surface area contributed by atoms with E-state index < -0.39 is 56.4 Å². The van der Waals surface area contributed by atoms with Crippen molar-refractivity contribution >= 4 is 33.8 Å². The maximum absolute atomic E-state index is 13.7. The normalized spacial score (nSPS) is 33.0. The van der Waals surface area contributed by atoms with Gasteiger partial charge in [0, 0.05) is 12.5 Å². The molecular weight excluding hydrogens is 524 g/mol. The summed E-state index contributed by atoms with van der Waals surface area (Å²) in [5, 5.41) is 4.99. The molecule has 39 heavy (non-hydrogen) atoms. The molecule has 4 amide bonds. The van der Waals surface area contributed by atoms with E-state index in [1.54, 1.807) is 20.8 Å². The van der Waals surface area contributed by atoms with E-state index in [0.717, 1.165) is 19.3 Å². The van der Waals surface area contributed by atoms with Crippen molar-refractivity contribution in [3.05, 3.63) is 12.2 Å². The summed E-state index contributed by atoms with van der Waals surface area (Å²) in [6.45, 7) is 7.51. The van der Waals surface area contributed by atoms with Crippen LogP contribution in [0.4, 0.5) is 4.79 Å². The van der Waals surface area contributed by atoms with Crippen molar-refractivity contribution in [2.75, 3.05) is 6.54 Å². The Morgan fingerprint density at radius 2 is 1.85 bits per heavy atom. The quantitative estimate of drug-likeness (QED) is 0.441. The molecule has 0 radical (unpaired) electrons. The van der Waals surface area contributed by atoms with Crippen molar-refractivity contribution in [1.82, 2.24) is 20.3 Å². The zero-order valence-corrected chi connectivity index (χ0v) is 24.1. The van der Waals surface area contributed by atoms with Crippen molar-refractivity contribution in [3.8, 4) is 0 Å². The van der Waals surface area contributed by atoms with Gasteiger partial charge >= 0.3 is 6.09 Å². The van der Waals surface area contributed by atoms with Crippen LogP contribution in [0.3, 0.4) is 0 Å². The summed E-state index contributed by atoms with van der Waals surface area (Å²) < 4.78 is 32.6. The number of ether oxygens (including phenoxy) is 1. The second kappa shape index (κ2) is 11.1. The van der Waals surface area contributed by atoms with E-state index in [-0.39, 0.29) is 17.7 Å². The predicted molar refractivity (Wildman–Crippen MR) is 144 cm³/mol. The van der Waals surface area contributed by atoms with Crippen molar-refractivity contribution in [2.24, 2.45) is 11.8 Å². The number of carbonyl (C=O) groups excluding carboxylic acids is 4. The Balaban J connectivity index is 1.57. The van der Waals surface area contributed by atoms with E-state index >= 15 is 0 Å². The Bertz CT molecular complexity index is 1130. The van der Waals surface area contributed by atoms with Crippen LogP contribution in [0.5, 0.6) is 0 Å². The van der Waals surface area contributed by atoms with Crippen LogP contribution < -0.4 is 15.4 Å². The van der Waals surface area contributed by atoms with E-state index in [1.807, 2.05) is 19.1 Å². The molecule has 4 rings (SSSR count). The van der Waals surface area contributed by atoms with Gasteiger partial charge in [-0.15, -0.1) is 0 Å². The van der Waals surface area contributed by atoms with Crippen LogP contribution in [-0.2, 0) is 29.1 Å². The summed E-state index contributed by atoms with van der Waals surface area (Å²) in [6, 6.07) is -1.69. The lowest BCUT2D eigenvalue weighted by Gasteiger charge is -2.30. The van der Waals surface area contributed by atoms with Gasteiger partial charge < -0.3 is 20.3 Å². The van der Waals surface area contributed by atoms with Crippen molar-refractivity contribution < 1.29 is 32.3 Å². The fraction of sp³-hybridized carbons (Fsp3) is 0.778. The molecule has 2 aliphatic carbocycles. The molecule has 11 nitrogen and oxygen atoms in total. The number of alkyl carbamates (subject to hydrolysis) is 1. The van der Waals surface area contributed by atoms with E-state index in [2.05, 4.69) is 15.4 Å². The number of fused-ring (bicyclic) bond motifs is 2. The van der Waals surface area contributed by atoms with Gasteiger partial charge in [0.15, 0.2) is 0 Å². The molecule has 2 saturated carbocycles. The molecule has 0 aromatic heterocycles. The number of rotatable bonds is 4. The average molecular weight is 567 g/mol. The molecule has 218 valence electrons. The lowest BCUT2D eigenvalue weighted by Crippen LogP contribution is -2.58. The molecule has 2 heterocycles. The third kappa shape index (κ3) is 7.12. The molecule has 0 aromatic rings. The summed E-state index contributed by atoms with van der Waals surface area (Å²) in [4.78, 5) is 54.7. The molecule has 12 heteroatoms. The fourth-order valence-electron chi connectivity index (χ4n) is 5.46. The van der Waals surface area contributed by atoms with Crippen LogP contribution in [0, 0.1) is 11.8 Å². The van der Waals surface area contributed by atoms with E-state index in [0.29, 0.717) is 45.1 Å². The van der Waals surface area contributed by atoms with Gasteiger partial charge in [-0.1, -0.05) is 31.9 Å². The van der Waals surface area contributed by atoms with Gasteiger partial charge in [0.05, 0.1) is 5.25 Å². The summed E-state index contributed by atoms with van der Waals surface area (Å²) in [5.74, 6) is -1.88. The molecule has 3 N–H and O–H groups in total. The zero-order valence-electron chi connectivity index (χ0n) is 23.3. The number of hydrogen-bond acceptors (Lipinski definition) is 7. The van der Waals surface area contributed by atoms with Gasteiger partial charge in [-0.3, -0.25) is 19.1 Å². The number of nitrogens with zero attached hydrogens (tertiary/aromatic N) is 1. The molecule has 2 aliphatic heterocycles. The number of amides is 4. The number of sulfonamides is 1. The van der Waals surface area contributed by atoms with Gasteiger partial charge in [0.25, 0.3) is 5.91 Å². The van der Waals surface area contributed by atoms with Gasteiger partial charge in [-0.05, 0) is 71.6 Å². The summed E-state index contributed by atoms with van der Waals surface area (Å²) in [6.07, 6.45) is 8.42. The maximum Gasteiger partial charge on any atom is 0.408 e. The lowest BCUT2D eigenvalue weighted by atomic mass is 10.0. The van der Waals surface area contributed by atoms with Crippen LogP contribution in [0.1, 0.15) is 85.5 Å². The highest BCUT2D eigenvalue weighted by molar-refractivity contribution is 7.91. The first-order valence-corrected chi connectivity index (χ1v) is 15.6. The molecule has 0 bridgehead atoms. The smallest absolute Gasteiger partial charge is 0.408 e. The standard InChI is InChI=1S/C27H42N4O7S/c1-17-14-21-22(32)29-27(24(34)30-39(36,37)19-12-13-19)15-18(27)10-8-6-5-7-9-11-20(23(33)31(21)16-17)28-25(35)38-26(2,3)4/h8,10,17-21H,5-7,9,11-16H2,1-4H3,(H,28,35)(H,29,32)(H,30,34)/b10-8-/t17-,18-,20+,21+,27-/m1/s1. The zero-order chi connectivity index (χ0) is 28.6. The number of allylic oxidation sites excluding steroid dienone is 1. The minimum absolute atomic E-state index is 0.0284. The van der Waals surface area contributed by atoms with E-state index in [1.165, 1.54) is 4.90 Å². The number of hydrogen-bond donors (Lipinski definition) is 3. The van der Waals surface area contributed by atoms with Crippen LogP contribution in [0.15, 0.2) is 12.2 Å². The first-order valence-electron chi connectivity index (χ1n) is 14.1. The van der Waals surface area contributed by atoms with E-state index in [9.17, 15) is 27.6 Å². The highest BCUT2D eigenvalue weighted by Crippen LogP contribution is 2.46. The topological polar surface area (TPSA) is 151 Å². The van der Waals surface area contributed by atoms with Crippen LogP contribution in [-0.4, -0.2) is 72.2 Å². The Morgan fingerprint density at radius 1 is 1.13 bits per heavy atom. The second-order valence-corrected chi connectivity index (χ2v) is 14.5. The summed E-state index contributed by atoms with van der Waals surface area (Å²) in [7, 11) is -3.79. The van der Waals surface area contributed by atoms with Gasteiger partial charge in [0.1, 0.15) is 23.2 Å². The van der Waals surface area contributed by atoms with Crippen molar-refractivity contribution in [2.45, 2.75) is 114 Å². The molecular formula is C27H42N4O7S. The van der Waals surface area contributed by atoms with Crippen LogP contribution in [0.25, 0.3) is 0 Å². The predicted octanol–water partition coefficient (Wildman–Crippen LogP) is 2.12. The lowest BCUT2D eigenvalue weighted by molar-refractivity contribution is -0.141. The highest BCUT2D eigenvalue weighted by Gasteiger charge is 2.62. The first-order chi connectivity index (χ1) is 18.2. The number of carbonyl (C=O) groups is 4. The Kier molecular flexibility index (Phi) is 8.35. The minimum Gasteiger partial charge on any atom is -0.444 e. The van der Waals surface area contributed by atoms with E-state index in [4.69, 9.17) is 4.74 Å². The number of nitrogens with one attached hydrogen (secondary N) is 3. The SMILES string of the molecule is C[C@@H]1C[C@H]2C(=O)N[C@]3(C(=O)NS(=O)(=O)C4CC4)C[C@H]3/C=C\CCCCC[C@H](NC(=O)OC(C)(C)C)C(=O)N2C1. The third-order valence-electron chi connectivity index (χ3n) is 7.78. The van der Waals surface area contributed by atoms with Crippen molar-refractivity contribution in [1.29, 1.82) is 0 Å². The first kappa shape index (κ1) is 29.4. The van der Waals surface area contributed by atoms with Gasteiger partial charge in [-0.25, -0.2) is 13.2 Å². The molecule has 0 spiro atoms. The largest absolute Gasteiger partial charge is 0.444 e. The maximum atomic E-state index is 13.7. The Morgan fingerprint density at radius 3 is 2.51 bits per heavy atom. The van der Waals surface area contributed by atoms with Gasteiger partial charge in [0.2, 0.25) is 21.8 Å². The molecule has 0 unspecified atom stereocenters. The second-order valence-electron chi connectivity index (χ2n) is 12.6. The molecule has 3 fully saturated rings. The molecule has 5 atom stereocenters. The van der Waals surface area contributed by atoms with Crippen molar-refractivity contribution in [3.63, 3.8) is 0 Å². The minimum atomic E-state index is -3.79. The highest BCUT2D eigenvalue weighted by atomic mass is 32.2. The Hall–Kier alpha value is -2.63. The molecule has 0 aromatic carbocycles. The Labute approximate surface area is 230 Å². The molecule has 4 aliphatic rings. The third-order valence-corrected chi connectivity index (χ3v) is 9.60. The van der Waals surface area contributed by atoms with Gasteiger partial charge in [-0.2, -0.15) is 0 Å². The van der Waals surface area contributed by atoms with Crippen LogP contribution >= 0.6 is 0 Å². The molecule has 1 saturated heterocycles. The average Bonchev–Trinajstić information content (AvgIpc) is 3.73.